The molecule has 0 aliphatic carbocycles. The maximum absolute atomic E-state index is 12.3. The average Bonchev–Trinajstić information content (AvgIpc) is 2.61. The maximum Gasteiger partial charge on any atom is 0.230 e. The van der Waals surface area contributed by atoms with Crippen LogP contribution in [-0.2, 0) is 20.7 Å². The van der Waals surface area contributed by atoms with Crippen LogP contribution in [0.3, 0.4) is 0 Å². The molecule has 1 aromatic rings. The number of aryl methyl sites for hydroxylation is 1. The quantitative estimate of drug-likeness (QED) is 0.789. The fraction of sp³-hybridized carbons (Fsp3) is 0.615. The van der Waals surface area contributed by atoms with Gasteiger partial charge in [-0.2, -0.15) is 0 Å². The second kappa shape index (κ2) is 5.24. The molecule has 7 nitrogen and oxygen atoms in total. The normalized spacial score (nSPS) is 26.1. The van der Waals surface area contributed by atoms with Gasteiger partial charge in [-0.3, -0.25) is 9.59 Å². The van der Waals surface area contributed by atoms with Crippen molar-refractivity contribution in [2.75, 3.05) is 26.3 Å². The maximum atomic E-state index is 12.3. The lowest BCUT2D eigenvalue weighted by Crippen LogP contribution is -2.44. The van der Waals surface area contributed by atoms with Crippen LogP contribution in [0.5, 0.6) is 0 Å². The Labute approximate surface area is 116 Å². The lowest BCUT2D eigenvalue weighted by Gasteiger charge is -2.27. The van der Waals surface area contributed by atoms with Crippen LogP contribution in [-0.4, -0.2) is 54.2 Å². The molecule has 1 N–H and O–H groups in total. The molecule has 0 radical (unpaired) electrons. The third kappa shape index (κ3) is 2.67. The second-order valence-electron chi connectivity index (χ2n) is 5.35. The zero-order valence-corrected chi connectivity index (χ0v) is 11.3. The number of fused-ring (bicyclic) bond motifs is 3. The van der Waals surface area contributed by atoms with E-state index in [0.717, 1.165) is 5.69 Å². The van der Waals surface area contributed by atoms with Crippen molar-refractivity contribution in [1.29, 1.82) is 0 Å². The summed E-state index contributed by atoms with van der Waals surface area (Å²) in [6.07, 6.45) is 0.176. The number of nitrogens with zero attached hydrogens (tertiary/aromatic N) is 2. The molecule has 1 aromatic heterocycles. The van der Waals surface area contributed by atoms with E-state index in [1.54, 1.807) is 11.0 Å². The molecule has 2 amide bonds. The van der Waals surface area contributed by atoms with Crippen molar-refractivity contribution in [2.24, 2.45) is 5.92 Å². The Balaban J connectivity index is 1.70. The first kappa shape index (κ1) is 13.1. The Bertz CT molecular complexity index is 527. The first-order valence-corrected chi connectivity index (χ1v) is 6.70. The van der Waals surface area contributed by atoms with Crippen LogP contribution in [0, 0.1) is 12.8 Å². The van der Waals surface area contributed by atoms with Crippen molar-refractivity contribution >= 4 is 11.8 Å². The SMILES string of the molecule is Cc1cc(CC(=O)N2C[C@H]3COC[C@@H](C2)C(=O)N3)on1. The van der Waals surface area contributed by atoms with Crippen molar-refractivity contribution in [3.05, 3.63) is 17.5 Å². The number of hydrogen-bond acceptors (Lipinski definition) is 5. The van der Waals surface area contributed by atoms with Crippen LogP contribution >= 0.6 is 0 Å². The van der Waals surface area contributed by atoms with Gasteiger partial charge < -0.3 is 19.5 Å². The summed E-state index contributed by atoms with van der Waals surface area (Å²) < 4.78 is 10.5. The van der Waals surface area contributed by atoms with E-state index < -0.39 is 0 Å². The molecule has 2 fully saturated rings. The van der Waals surface area contributed by atoms with E-state index >= 15 is 0 Å². The number of rotatable bonds is 2. The number of carbonyl (C=O) groups is 2. The molecule has 2 bridgehead atoms. The first-order valence-electron chi connectivity index (χ1n) is 6.70. The molecule has 2 aliphatic rings. The van der Waals surface area contributed by atoms with Gasteiger partial charge in [0, 0.05) is 19.2 Å². The monoisotopic (exact) mass is 279 g/mol. The van der Waals surface area contributed by atoms with Gasteiger partial charge in [-0.25, -0.2) is 0 Å². The molecule has 7 heteroatoms. The number of aromatic nitrogens is 1. The zero-order chi connectivity index (χ0) is 14.1. The molecule has 3 heterocycles. The summed E-state index contributed by atoms with van der Waals surface area (Å²) in [4.78, 5) is 25.9. The lowest BCUT2D eigenvalue weighted by atomic mass is 10.1. The van der Waals surface area contributed by atoms with E-state index in [1.165, 1.54) is 0 Å². The highest BCUT2D eigenvalue weighted by Gasteiger charge is 2.35. The smallest absolute Gasteiger partial charge is 0.230 e. The van der Waals surface area contributed by atoms with Crippen LogP contribution < -0.4 is 5.32 Å². The van der Waals surface area contributed by atoms with Crippen LogP contribution in [0.1, 0.15) is 11.5 Å². The molecule has 0 unspecified atom stereocenters. The summed E-state index contributed by atoms with van der Waals surface area (Å²) in [7, 11) is 0. The minimum Gasteiger partial charge on any atom is -0.378 e. The fourth-order valence-electron chi connectivity index (χ4n) is 2.59. The van der Waals surface area contributed by atoms with Crippen molar-refractivity contribution in [2.45, 2.75) is 19.4 Å². The Morgan fingerprint density at radius 3 is 3.10 bits per heavy atom. The predicted octanol–water partition coefficient (Wildman–Crippen LogP) is -0.501. The summed E-state index contributed by atoms with van der Waals surface area (Å²) >= 11 is 0. The minimum atomic E-state index is -0.289. The Morgan fingerprint density at radius 1 is 1.50 bits per heavy atom. The molecule has 2 aliphatic heterocycles. The standard InChI is InChI=1S/C13H17N3O4/c1-8-2-11(20-15-8)3-12(17)16-4-9-6-19-7-10(5-16)14-13(9)18/h2,9-10H,3-7H2,1H3,(H,14,18)/t9-,10+/m1/s1. The number of hydrogen-bond donors (Lipinski definition) is 1. The molecule has 0 aromatic carbocycles. The van der Waals surface area contributed by atoms with Gasteiger partial charge in [0.15, 0.2) is 0 Å². The lowest BCUT2D eigenvalue weighted by molar-refractivity contribution is -0.133. The number of ether oxygens (including phenoxy) is 1. The van der Waals surface area contributed by atoms with Gasteiger partial charge >= 0.3 is 0 Å². The Kier molecular flexibility index (Phi) is 3.43. The van der Waals surface area contributed by atoms with Crippen molar-refractivity contribution in [1.82, 2.24) is 15.4 Å². The molecule has 20 heavy (non-hydrogen) atoms. The summed E-state index contributed by atoms with van der Waals surface area (Å²) in [5, 5.41) is 6.67. The fourth-order valence-corrected chi connectivity index (χ4v) is 2.59. The molecule has 2 atom stereocenters. The van der Waals surface area contributed by atoms with Gasteiger partial charge in [-0.15, -0.1) is 0 Å². The highest BCUT2D eigenvalue weighted by atomic mass is 16.5. The summed E-state index contributed by atoms with van der Waals surface area (Å²) in [6, 6.07) is 1.62. The molecular weight excluding hydrogens is 262 g/mol. The second-order valence-corrected chi connectivity index (χ2v) is 5.35. The van der Waals surface area contributed by atoms with Crippen molar-refractivity contribution in [3.63, 3.8) is 0 Å². The molecule has 108 valence electrons. The molecule has 0 saturated carbocycles. The van der Waals surface area contributed by atoms with Crippen molar-refractivity contribution < 1.29 is 18.8 Å². The summed E-state index contributed by atoms with van der Waals surface area (Å²) in [5.74, 6) is 0.188. The molecular formula is C13H17N3O4. The van der Waals surface area contributed by atoms with Gasteiger partial charge in [-0.1, -0.05) is 5.16 Å². The first-order chi connectivity index (χ1) is 9.61. The van der Waals surface area contributed by atoms with Gasteiger partial charge in [-0.05, 0) is 6.92 Å². The Hall–Kier alpha value is -1.89. The highest BCUT2D eigenvalue weighted by Crippen LogP contribution is 2.15. The van der Waals surface area contributed by atoms with E-state index in [4.69, 9.17) is 9.26 Å². The van der Waals surface area contributed by atoms with Crippen LogP contribution in [0.15, 0.2) is 10.6 Å². The van der Waals surface area contributed by atoms with Gasteiger partial charge in [0.05, 0.1) is 37.3 Å². The van der Waals surface area contributed by atoms with Crippen LogP contribution in [0.25, 0.3) is 0 Å². The van der Waals surface area contributed by atoms with E-state index in [-0.39, 0.29) is 30.2 Å². The summed E-state index contributed by atoms with van der Waals surface area (Å²) in [5.41, 5.74) is 0.755. The summed E-state index contributed by atoms with van der Waals surface area (Å²) in [6.45, 7) is 3.51. The van der Waals surface area contributed by atoms with Crippen LogP contribution in [0.4, 0.5) is 0 Å². The highest BCUT2D eigenvalue weighted by molar-refractivity contribution is 5.83. The molecule has 3 rings (SSSR count). The largest absolute Gasteiger partial charge is 0.378 e. The van der Waals surface area contributed by atoms with Gasteiger partial charge in [0.2, 0.25) is 11.8 Å². The van der Waals surface area contributed by atoms with Crippen molar-refractivity contribution in [3.8, 4) is 0 Å². The molecule has 0 spiro atoms. The van der Waals surface area contributed by atoms with Crippen LogP contribution in [0.2, 0.25) is 0 Å². The third-order valence-corrected chi connectivity index (χ3v) is 3.59. The molecule has 2 saturated heterocycles. The third-order valence-electron chi connectivity index (χ3n) is 3.59. The van der Waals surface area contributed by atoms with E-state index in [1.807, 2.05) is 6.92 Å². The van der Waals surface area contributed by atoms with E-state index in [9.17, 15) is 9.59 Å². The number of amides is 2. The topological polar surface area (TPSA) is 84.7 Å². The van der Waals surface area contributed by atoms with E-state index in [2.05, 4.69) is 10.5 Å². The number of carbonyl (C=O) groups excluding carboxylic acids is 2. The Morgan fingerprint density at radius 2 is 2.35 bits per heavy atom. The zero-order valence-electron chi connectivity index (χ0n) is 11.3. The number of nitrogens with one attached hydrogen (secondary N) is 1. The van der Waals surface area contributed by atoms with Gasteiger partial charge in [0.1, 0.15) is 5.76 Å². The average molecular weight is 279 g/mol. The minimum absolute atomic E-state index is 0.0293. The van der Waals surface area contributed by atoms with E-state index in [0.29, 0.717) is 32.1 Å². The predicted molar refractivity (Wildman–Crippen MR) is 67.8 cm³/mol. The van der Waals surface area contributed by atoms with Gasteiger partial charge in [0.25, 0.3) is 0 Å².